The molecule has 130 valence electrons. The maximum Gasteiger partial charge on any atom is 0.263 e. The molecule has 2 aromatic carbocycles. The number of rotatable bonds is 4. The summed E-state index contributed by atoms with van der Waals surface area (Å²) in [4.78, 5) is 16.6. The van der Waals surface area contributed by atoms with Crippen LogP contribution in [0.3, 0.4) is 0 Å². The van der Waals surface area contributed by atoms with Crippen LogP contribution in [0.15, 0.2) is 58.4 Å². The van der Waals surface area contributed by atoms with Crippen LogP contribution in [0.1, 0.15) is 18.1 Å². The Hall–Kier alpha value is -2.38. The Morgan fingerprint density at radius 3 is 2.64 bits per heavy atom. The second-order valence-electron chi connectivity index (χ2n) is 5.56. The van der Waals surface area contributed by atoms with Crippen molar-refractivity contribution in [3.8, 4) is 0 Å². The number of nitrogens with zero attached hydrogens (tertiary/aromatic N) is 1. The number of sulfonamides is 1. The van der Waals surface area contributed by atoms with Crippen molar-refractivity contribution < 1.29 is 13.2 Å². The van der Waals surface area contributed by atoms with Gasteiger partial charge >= 0.3 is 0 Å². The first-order chi connectivity index (χ1) is 11.9. The van der Waals surface area contributed by atoms with Crippen LogP contribution >= 0.6 is 11.6 Å². The van der Waals surface area contributed by atoms with Gasteiger partial charge in [-0.05, 0) is 30.7 Å². The van der Waals surface area contributed by atoms with Gasteiger partial charge in [-0.25, -0.2) is 8.42 Å². The van der Waals surface area contributed by atoms with E-state index in [4.69, 9.17) is 11.6 Å². The molecule has 2 N–H and O–H groups in total. The summed E-state index contributed by atoms with van der Waals surface area (Å²) in [5, 5.41) is 3.32. The highest BCUT2D eigenvalue weighted by atomic mass is 35.5. The van der Waals surface area contributed by atoms with E-state index in [1.807, 2.05) is 18.2 Å². The Morgan fingerprint density at radius 2 is 1.88 bits per heavy atom. The van der Waals surface area contributed by atoms with Gasteiger partial charge in [0, 0.05) is 17.1 Å². The van der Waals surface area contributed by atoms with Crippen LogP contribution in [0, 0.1) is 0 Å². The summed E-state index contributed by atoms with van der Waals surface area (Å²) in [7, 11) is -3.62. The minimum absolute atomic E-state index is 0.164. The molecule has 0 aliphatic carbocycles. The van der Waals surface area contributed by atoms with Gasteiger partial charge in [-0.1, -0.05) is 41.9 Å². The Bertz CT molecular complexity index is 957. The number of carbonyl (C=O) groups is 1. The average Bonchev–Trinajstić information content (AvgIpc) is 2.85. The fraction of sp³-hybridized carbons (Fsp3) is 0.176. The summed E-state index contributed by atoms with van der Waals surface area (Å²) in [5.74, 6) is -0.146. The minimum atomic E-state index is -3.62. The van der Waals surface area contributed by atoms with E-state index >= 15 is 0 Å². The monoisotopic (exact) mass is 377 g/mol. The largest absolute Gasteiger partial charge is 0.350 e. The molecule has 6 nitrogen and oxygen atoms in total. The highest BCUT2D eigenvalue weighted by Crippen LogP contribution is 2.22. The van der Waals surface area contributed by atoms with Crippen molar-refractivity contribution in [3.63, 3.8) is 0 Å². The van der Waals surface area contributed by atoms with Gasteiger partial charge in [-0.15, -0.1) is 0 Å². The molecular formula is C17H16ClN3O3S. The normalized spacial score (nSPS) is 17.6. The molecule has 0 aromatic heterocycles. The predicted octanol–water partition coefficient (Wildman–Crippen LogP) is 2.08. The molecule has 3 rings (SSSR count). The molecule has 0 fully saturated rings. The first kappa shape index (κ1) is 17.4. The van der Waals surface area contributed by atoms with E-state index in [0.29, 0.717) is 10.6 Å². The van der Waals surface area contributed by atoms with Gasteiger partial charge in [0.2, 0.25) is 5.91 Å². The number of aliphatic imine (C=N–C) groups is 1. The molecular weight excluding hydrogens is 362 g/mol. The molecule has 0 bridgehead atoms. The highest BCUT2D eigenvalue weighted by molar-refractivity contribution is 7.90. The molecule has 1 aliphatic rings. The standard InChI is InChI=1S/C17H16ClN3O3S/c1-11(17(22)19-10-12-6-2-4-8-14(12)18)20-16-13-7-3-5-9-15(13)25(23,24)21-16/h2-9,11H,10H2,1H3,(H,19,22)(H,20,21)/t11-/m0/s1. The van der Waals surface area contributed by atoms with Crippen molar-refractivity contribution in [2.75, 3.05) is 0 Å². The van der Waals surface area contributed by atoms with Gasteiger partial charge < -0.3 is 5.32 Å². The van der Waals surface area contributed by atoms with E-state index < -0.39 is 16.1 Å². The van der Waals surface area contributed by atoms with Crippen molar-refractivity contribution in [1.29, 1.82) is 0 Å². The summed E-state index contributed by atoms with van der Waals surface area (Å²) in [6.45, 7) is 1.88. The Balaban J connectivity index is 1.74. The zero-order valence-electron chi connectivity index (χ0n) is 13.4. The molecule has 1 amide bonds. The van der Waals surface area contributed by atoms with Crippen molar-refractivity contribution in [3.05, 3.63) is 64.7 Å². The molecule has 0 saturated carbocycles. The summed E-state index contributed by atoms with van der Waals surface area (Å²) >= 11 is 6.06. The van der Waals surface area contributed by atoms with Crippen LogP contribution in [0.5, 0.6) is 0 Å². The maximum atomic E-state index is 12.3. The first-order valence-corrected chi connectivity index (χ1v) is 9.46. The van der Waals surface area contributed by atoms with E-state index in [2.05, 4.69) is 15.0 Å². The average molecular weight is 378 g/mol. The van der Waals surface area contributed by atoms with Crippen LogP contribution in [0.2, 0.25) is 5.02 Å². The molecule has 0 unspecified atom stereocenters. The number of carbonyl (C=O) groups excluding carboxylic acids is 1. The topological polar surface area (TPSA) is 87.6 Å². The van der Waals surface area contributed by atoms with Crippen LogP contribution < -0.4 is 10.0 Å². The number of benzene rings is 2. The lowest BCUT2D eigenvalue weighted by Gasteiger charge is -2.10. The number of halogens is 1. The third-order valence-corrected chi connectivity index (χ3v) is 5.54. The minimum Gasteiger partial charge on any atom is -0.350 e. The van der Waals surface area contributed by atoms with Crippen molar-refractivity contribution in [1.82, 2.24) is 10.0 Å². The van der Waals surface area contributed by atoms with Crippen molar-refractivity contribution in [2.24, 2.45) is 4.99 Å². The zero-order chi connectivity index (χ0) is 18.0. The van der Waals surface area contributed by atoms with Gasteiger partial charge in [-0.3, -0.25) is 14.5 Å². The third kappa shape index (κ3) is 3.67. The fourth-order valence-corrected chi connectivity index (χ4v) is 3.90. The lowest BCUT2D eigenvalue weighted by atomic mass is 10.2. The smallest absolute Gasteiger partial charge is 0.263 e. The van der Waals surface area contributed by atoms with Gasteiger partial charge in [0.15, 0.2) is 0 Å². The van der Waals surface area contributed by atoms with E-state index in [9.17, 15) is 13.2 Å². The van der Waals surface area contributed by atoms with Crippen LogP contribution in [0.25, 0.3) is 0 Å². The molecule has 0 spiro atoms. The molecule has 0 saturated heterocycles. The van der Waals surface area contributed by atoms with Crippen LogP contribution in [-0.2, 0) is 21.4 Å². The predicted molar refractivity (Wildman–Crippen MR) is 96.1 cm³/mol. The SMILES string of the molecule is C[C@H](N=C1NS(=O)(=O)c2ccccc21)C(=O)NCc1ccccc1Cl. The Morgan fingerprint density at radius 1 is 1.20 bits per heavy atom. The number of fused-ring (bicyclic) bond motifs is 1. The lowest BCUT2D eigenvalue weighted by molar-refractivity contribution is -0.122. The third-order valence-electron chi connectivity index (χ3n) is 3.78. The second-order valence-corrected chi connectivity index (χ2v) is 7.62. The Labute approximate surface area is 151 Å². The van der Waals surface area contributed by atoms with Gasteiger partial charge in [-0.2, -0.15) is 0 Å². The van der Waals surface area contributed by atoms with E-state index in [0.717, 1.165) is 5.56 Å². The molecule has 25 heavy (non-hydrogen) atoms. The molecule has 1 atom stereocenters. The summed E-state index contributed by atoms with van der Waals surface area (Å²) in [6.07, 6.45) is 0. The van der Waals surface area contributed by atoms with Gasteiger partial charge in [0.25, 0.3) is 10.0 Å². The molecule has 2 aromatic rings. The van der Waals surface area contributed by atoms with Crippen molar-refractivity contribution >= 4 is 33.4 Å². The molecule has 0 radical (unpaired) electrons. The number of nitrogens with one attached hydrogen (secondary N) is 2. The maximum absolute atomic E-state index is 12.3. The first-order valence-electron chi connectivity index (χ1n) is 7.59. The zero-order valence-corrected chi connectivity index (χ0v) is 14.9. The molecule has 8 heteroatoms. The van der Waals surface area contributed by atoms with Gasteiger partial charge in [0.05, 0.1) is 4.90 Å². The Kier molecular flexibility index (Phi) is 4.78. The number of amides is 1. The molecule has 1 aliphatic heterocycles. The number of hydrogen-bond donors (Lipinski definition) is 2. The molecule has 1 heterocycles. The quantitative estimate of drug-likeness (QED) is 0.855. The second kappa shape index (κ2) is 6.85. The van der Waals surface area contributed by atoms with Gasteiger partial charge in [0.1, 0.15) is 11.9 Å². The highest BCUT2D eigenvalue weighted by Gasteiger charge is 2.31. The van der Waals surface area contributed by atoms with Crippen molar-refractivity contribution in [2.45, 2.75) is 24.4 Å². The summed E-state index contributed by atoms with van der Waals surface area (Å²) in [6, 6.07) is 13.0. The fourth-order valence-electron chi connectivity index (χ4n) is 2.45. The van der Waals surface area contributed by atoms with E-state index in [-0.39, 0.29) is 23.2 Å². The lowest BCUT2D eigenvalue weighted by Crippen LogP contribution is -2.33. The van der Waals surface area contributed by atoms with E-state index in [1.165, 1.54) is 6.07 Å². The number of hydrogen-bond acceptors (Lipinski definition) is 4. The number of amidine groups is 1. The van der Waals surface area contributed by atoms with E-state index in [1.54, 1.807) is 31.2 Å². The van der Waals surface area contributed by atoms with Crippen LogP contribution in [-0.4, -0.2) is 26.2 Å². The van der Waals surface area contributed by atoms with Crippen LogP contribution in [0.4, 0.5) is 0 Å². The summed E-state index contributed by atoms with van der Waals surface area (Å²) < 4.78 is 26.5. The summed E-state index contributed by atoms with van der Waals surface area (Å²) in [5.41, 5.74) is 1.26.